The van der Waals surface area contributed by atoms with E-state index in [9.17, 15) is 14.4 Å². The van der Waals surface area contributed by atoms with E-state index in [4.69, 9.17) is 5.11 Å². The molecule has 0 spiro atoms. The molecule has 0 bridgehead atoms. The number of rotatable bonds is 8. The van der Waals surface area contributed by atoms with Crippen molar-refractivity contribution >= 4 is 17.8 Å². The number of hydrogen-bond donors (Lipinski definition) is 3. The third kappa shape index (κ3) is 6.54. The van der Waals surface area contributed by atoms with Crippen LogP contribution in [0.15, 0.2) is 0 Å². The number of hydrogen-bond acceptors (Lipinski definition) is 3. The van der Waals surface area contributed by atoms with Crippen LogP contribution in [0.1, 0.15) is 45.4 Å². The Morgan fingerprint density at radius 1 is 1.15 bits per heavy atom. The number of carbonyl (C=O) groups is 3. The summed E-state index contributed by atoms with van der Waals surface area (Å²) in [6, 6.07) is 0. The van der Waals surface area contributed by atoms with Gasteiger partial charge in [-0.25, -0.2) is 0 Å². The van der Waals surface area contributed by atoms with Crippen LogP contribution in [0.5, 0.6) is 0 Å². The average molecular weight is 284 g/mol. The standard InChI is InChI=1S/C14H24N2O4/c1-10(14(19)20)8-15-13(18)9-16-12(17)7-6-11-4-2-3-5-11/h10-11H,2-9H2,1H3,(H,15,18)(H,16,17)(H,19,20). The molecule has 1 saturated carbocycles. The van der Waals surface area contributed by atoms with Gasteiger partial charge in [-0.15, -0.1) is 0 Å². The second-order valence-corrected chi connectivity index (χ2v) is 5.51. The molecule has 1 unspecified atom stereocenters. The highest BCUT2D eigenvalue weighted by Gasteiger charge is 2.16. The SMILES string of the molecule is CC(CNC(=O)CNC(=O)CCC1CCCC1)C(=O)O. The summed E-state index contributed by atoms with van der Waals surface area (Å²) in [5.74, 6) is -1.39. The van der Waals surface area contributed by atoms with Crippen molar-refractivity contribution in [3.8, 4) is 0 Å². The maximum absolute atomic E-state index is 11.6. The number of carboxylic acid groups (broad SMARTS) is 1. The molecule has 6 nitrogen and oxygen atoms in total. The van der Waals surface area contributed by atoms with Crippen molar-refractivity contribution in [2.75, 3.05) is 13.1 Å². The number of carbonyl (C=O) groups excluding carboxylic acids is 2. The fourth-order valence-corrected chi connectivity index (χ4v) is 2.32. The molecule has 1 atom stereocenters. The van der Waals surface area contributed by atoms with Gasteiger partial charge in [-0.05, 0) is 12.3 Å². The predicted octanol–water partition coefficient (Wildman–Crippen LogP) is 0.910. The van der Waals surface area contributed by atoms with Gasteiger partial charge >= 0.3 is 5.97 Å². The Balaban J connectivity index is 2.07. The Morgan fingerprint density at radius 2 is 1.80 bits per heavy atom. The molecule has 0 aliphatic heterocycles. The molecule has 1 fully saturated rings. The van der Waals surface area contributed by atoms with Gasteiger partial charge in [0.1, 0.15) is 0 Å². The molecule has 0 radical (unpaired) electrons. The molecule has 6 heteroatoms. The van der Waals surface area contributed by atoms with E-state index in [1.165, 1.54) is 32.6 Å². The lowest BCUT2D eigenvalue weighted by atomic mass is 10.0. The quantitative estimate of drug-likeness (QED) is 0.617. The predicted molar refractivity (Wildman–Crippen MR) is 74.0 cm³/mol. The molecule has 0 aromatic heterocycles. The summed E-state index contributed by atoms with van der Waals surface area (Å²) in [5, 5.41) is 13.7. The first-order valence-electron chi connectivity index (χ1n) is 7.25. The molecule has 20 heavy (non-hydrogen) atoms. The summed E-state index contributed by atoms with van der Waals surface area (Å²) in [6.07, 6.45) is 6.29. The van der Waals surface area contributed by atoms with Gasteiger partial charge in [-0.2, -0.15) is 0 Å². The zero-order valence-corrected chi connectivity index (χ0v) is 12.0. The molecule has 0 heterocycles. The van der Waals surface area contributed by atoms with Crippen LogP contribution in [0.25, 0.3) is 0 Å². The number of amides is 2. The zero-order chi connectivity index (χ0) is 15.0. The van der Waals surface area contributed by atoms with Crippen LogP contribution in [0.3, 0.4) is 0 Å². The van der Waals surface area contributed by atoms with Crippen LogP contribution in [-0.2, 0) is 14.4 Å². The summed E-state index contributed by atoms with van der Waals surface area (Å²) >= 11 is 0. The fraction of sp³-hybridized carbons (Fsp3) is 0.786. The minimum atomic E-state index is -0.953. The third-order valence-corrected chi connectivity index (χ3v) is 3.73. The molecule has 1 rings (SSSR count). The molecule has 1 aliphatic rings. The number of aliphatic carboxylic acids is 1. The van der Waals surface area contributed by atoms with E-state index >= 15 is 0 Å². The van der Waals surface area contributed by atoms with Gasteiger partial charge in [0.15, 0.2) is 0 Å². The average Bonchev–Trinajstić information content (AvgIpc) is 2.93. The number of carboxylic acids is 1. The third-order valence-electron chi connectivity index (χ3n) is 3.73. The van der Waals surface area contributed by atoms with Crippen molar-refractivity contribution in [1.29, 1.82) is 0 Å². The van der Waals surface area contributed by atoms with E-state index in [0.29, 0.717) is 12.3 Å². The highest BCUT2D eigenvalue weighted by molar-refractivity contribution is 5.84. The van der Waals surface area contributed by atoms with E-state index in [0.717, 1.165) is 6.42 Å². The summed E-state index contributed by atoms with van der Waals surface area (Å²) in [7, 11) is 0. The lowest BCUT2D eigenvalue weighted by Gasteiger charge is -2.10. The van der Waals surface area contributed by atoms with Crippen molar-refractivity contribution in [1.82, 2.24) is 10.6 Å². The molecular weight excluding hydrogens is 260 g/mol. The van der Waals surface area contributed by atoms with Crippen LogP contribution >= 0.6 is 0 Å². The van der Waals surface area contributed by atoms with Gasteiger partial charge < -0.3 is 15.7 Å². The van der Waals surface area contributed by atoms with Crippen molar-refractivity contribution < 1.29 is 19.5 Å². The fourth-order valence-electron chi connectivity index (χ4n) is 2.32. The molecule has 114 valence electrons. The monoisotopic (exact) mass is 284 g/mol. The van der Waals surface area contributed by atoms with Crippen LogP contribution in [-0.4, -0.2) is 36.0 Å². The minimum absolute atomic E-state index is 0.0755. The Hall–Kier alpha value is -1.59. The van der Waals surface area contributed by atoms with Gasteiger partial charge in [0.05, 0.1) is 12.5 Å². The minimum Gasteiger partial charge on any atom is -0.481 e. The van der Waals surface area contributed by atoms with E-state index in [1.807, 2.05) is 0 Å². The highest BCUT2D eigenvalue weighted by atomic mass is 16.4. The summed E-state index contributed by atoms with van der Waals surface area (Å²) < 4.78 is 0. The van der Waals surface area contributed by atoms with Crippen molar-refractivity contribution in [2.45, 2.75) is 45.4 Å². The van der Waals surface area contributed by atoms with Gasteiger partial charge in [-0.1, -0.05) is 32.6 Å². The molecule has 0 saturated heterocycles. The van der Waals surface area contributed by atoms with E-state index < -0.39 is 11.9 Å². The van der Waals surface area contributed by atoms with Gasteiger partial charge in [-0.3, -0.25) is 14.4 Å². The van der Waals surface area contributed by atoms with Crippen molar-refractivity contribution in [3.63, 3.8) is 0 Å². The largest absolute Gasteiger partial charge is 0.481 e. The Labute approximate surface area is 119 Å². The first-order chi connectivity index (χ1) is 9.49. The maximum atomic E-state index is 11.6. The number of nitrogens with one attached hydrogen (secondary N) is 2. The molecule has 0 aromatic rings. The first-order valence-corrected chi connectivity index (χ1v) is 7.25. The summed E-state index contributed by atoms with van der Waals surface area (Å²) in [4.78, 5) is 33.5. The first kappa shape index (κ1) is 16.5. The second kappa shape index (κ2) is 8.55. The summed E-state index contributed by atoms with van der Waals surface area (Å²) in [6.45, 7) is 1.50. The van der Waals surface area contributed by atoms with Crippen LogP contribution in [0.4, 0.5) is 0 Å². The lowest BCUT2D eigenvalue weighted by molar-refractivity contribution is -0.141. The smallest absolute Gasteiger partial charge is 0.308 e. The van der Waals surface area contributed by atoms with E-state index in [-0.39, 0.29) is 24.9 Å². The highest BCUT2D eigenvalue weighted by Crippen LogP contribution is 2.28. The van der Waals surface area contributed by atoms with Crippen LogP contribution < -0.4 is 10.6 Å². The van der Waals surface area contributed by atoms with Gasteiger partial charge in [0.2, 0.25) is 11.8 Å². The van der Waals surface area contributed by atoms with Gasteiger partial charge in [0, 0.05) is 13.0 Å². The zero-order valence-electron chi connectivity index (χ0n) is 12.0. The van der Waals surface area contributed by atoms with Crippen LogP contribution in [0.2, 0.25) is 0 Å². The lowest BCUT2D eigenvalue weighted by Crippen LogP contribution is -2.39. The Bertz CT molecular complexity index is 351. The van der Waals surface area contributed by atoms with Crippen LogP contribution in [0, 0.1) is 11.8 Å². The normalized spacial score (nSPS) is 16.6. The van der Waals surface area contributed by atoms with E-state index in [2.05, 4.69) is 10.6 Å². The Morgan fingerprint density at radius 3 is 2.40 bits per heavy atom. The van der Waals surface area contributed by atoms with E-state index in [1.54, 1.807) is 0 Å². The molecular formula is C14H24N2O4. The topological polar surface area (TPSA) is 95.5 Å². The summed E-state index contributed by atoms with van der Waals surface area (Å²) in [5.41, 5.74) is 0. The van der Waals surface area contributed by atoms with Crippen molar-refractivity contribution in [3.05, 3.63) is 0 Å². The Kier molecular flexibility index (Phi) is 7.04. The molecule has 1 aliphatic carbocycles. The maximum Gasteiger partial charge on any atom is 0.308 e. The molecule has 2 amide bonds. The van der Waals surface area contributed by atoms with Crippen molar-refractivity contribution in [2.24, 2.45) is 11.8 Å². The molecule has 0 aromatic carbocycles. The molecule has 3 N–H and O–H groups in total. The second-order valence-electron chi connectivity index (χ2n) is 5.51. The van der Waals surface area contributed by atoms with Gasteiger partial charge in [0.25, 0.3) is 0 Å².